The van der Waals surface area contributed by atoms with Crippen LogP contribution in [0.1, 0.15) is 0 Å². The Morgan fingerprint density at radius 3 is 1.11 bits per heavy atom. The van der Waals surface area contributed by atoms with Crippen molar-refractivity contribution in [1.29, 1.82) is 22.1 Å². The molecule has 104 valence electrons. The molecule has 0 aromatic carbocycles. The second-order valence-electron chi connectivity index (χ2n) is 2.05. The Hall–Kier alpha value is -2.03. The molecule has 0 aromatic heterocycles. The van der Waals surface area contributed by atoms with Gasteiger partial charge in [-0.15, -0.1) is 0 Å². The van der Waals surface area contributed by atoms with Crippen molar-refractivity contribution in [3.63, 3.8) is 0 Å². The Morgan fingerprint density at radius 2 is 1.00 bits per heavy atom. The second kappa shape index (κ2) is 14.0. The van der Waals surface area contributed by atoms with Gasteiger partial charge in [-0.25, -0.2) is 0 Å². The van der Waals surface area contributed by atoms with Crippen LogP contribution in [0.4, 0.5) is 0 Å². The first kappa shape index (κ1) is 22.2. The van der Waals surface area contributed by atoms with Crippen molar-refractivity contribution in [3.8, 4) is 0 Å². The lowest BCUT2D eigenvalue weighted by Gasteiger charge is -1.88. The van der Waals surface area contributed by atoms with E-state index in [9.17, 15) is 9.59 Å². The third kappa shape index (κ3) is 38.7. The molecule has 0 unspecified atom stereocenters. The van der Waals surface area contributed by atoms with Crippen LogP contribution >= 0.6 is 21.4 Å². The molecule has 0 heterocycles. The first-order chi connectivity index (χ1) is 8.63. The van der Waals surface area contributed by atoms with Crippen LogP contribution in [0, 0.1) is 22.1 Å². The van der Waals surface area contributed by atoms with Crippen LogP contribution in [0.15, 0.2) is 24.3 Å². The molecule has 10 nitrogen and oxygen atoms in total. The maximum atomic E-state index is 10.3. The fraction of sp³-hybridized carbons (Fsp3) is 0. The van der Waals surface area contributed by atoms with Crippen molar-refractivity contribution in [2.24, 2.45) is 0 Å². The lowest BCUT2D eigenvalue weighted by Crippen LogP contribution is -2.08. The summed E-state index contributed by atoms with van der Waals surface area (Å²) < 4.78 is 18.3. The van der Waals surface area contributed by atoms with Gasteiger partial charge >= 0.3 is 8.26 Å². The van der Waals surface area contributed by atoms with Gasteiger partial charge in [0.1, 0.15) is 22.1 Å². The van der Waals surface area contributed by atoms with Crippen LogP contribution in [-0.2, 0) is 17.9 Å². The van der Waals surface area contributed by atoms with E-state index in [1.807, 2.05) is 9.82 Å². The maximum Gasteiger partial charge on any atom is 0.317 e. The van der Waals surface area contributed by atoms with Crippen molar-refractivity contribution in [2.45, 2.75) is 0 Å². The predicted octanol–water partition coefficient (Wildman–Crippen LogP) is 1.19. The van der Waals surface area contributed by atoms with E-state index in [4.69, 9.17) is 30.5 Å². The van der Waals surface area contributed by atoms with E-state index in [-0.39, 0.29) is 0 Å². The number of hydrogen-bond acceptors (Lipinski definition) is 8. The molecular formula is C6H8Cl2N6O4S+2. The molecule has 4 N–H and O–H groups in total. The number of carbonyl (C=O) groups excluding carboxylic acids is 2. The fourth-order valence-corrected chi connectivity index (χ4v) is 0.450. The van der Waals surface area contributed by atoms with Crippen molar-refractivity contribution in [1.82, 2.24) is 9.82 Å². The Morgan fingerprint density at radius 1 is 0.842 bits per heavy atom. The zero-order valence-electron chi connectivity index (χ0n) is 9.00. The summed E-state index contributed by atoms with van der Waals surface area (Å²) in [5.41, 5.74) is 22.0. The molecule has 0 radical (unpaired) electrons. The van der Waals surface area contributed by atoms with Crippen LogP contribution in [-0.4, -0.2) is 20.0 Å². The normalized spacial score (nSPS) is 11.3. The van der Waals surface area contributed by atoms with Gasteiger partial charge < -0.3 is 0 Å². The molecule has 0 fully saturated rings. The molecule has 0 spiro atoms. The molecule has 0 bridgehead atoms. The van der Waals surface area contributed by atoms with Crippen LogP contribution < -0.4 is 9.82 Å². The largest absolute Gasteiger partial charge is 0.317 e. The molecule has 1 aliphatic carbocycles. The van der Waals surface area contributed by atoms with Gasteiger partial charge in [-0.1, -0.05) is 12.2 Å². The van der Waals surface area contributed by atoms with Crippen molar-refractivity contribution in [2.75, 3.05) is 0 Å². The summed E-state index contributed by atoms with van der Waals surface area (Å²) in [6.45, 7) is 0. The first-order valence-corrected chi connectivity index (χ1v) is 6.91. The Labute approximate surface area is 116 Å². The van der Waals surface area contributed by atoms with Gasteiger partial charge in [0.2, 0.25) is 21.4 Å². The van der Waals surface area contributed by atoms with E-state index < -0.39 is 19.8 Å². The van der Waals surface area contributed by atoms with Gasteiger partial charge in [-0.3, -0.25) is 9.59 Å². The highest BCUT2D eigenvalue weighted by molar-refractivity contribution is 8.31. The lowest BCUT2D eigenvalue weighted by molar-refractivity contribution is -0.131. The zero-order valence-corrected chi connectivity index (χ0v) is 11.3. The number of halogens is 2. The van der Waals surface area contributed by atoms with Gasteiger partial charge in [0.05, 0.1) is 0 Å². The maximum absolute atomic E-state index is 10.3. The molecular weight excluding hydrogens is 323 g/mol. The molecule has 0 amide bonds. The van der Waals surface area contributed by atoms with E-state index in [1.165, 1.54) is 12.2 Å². The first-order valence-electron chi connectivity index (χ1n) is 3.77. The standard InChI is InChI=1S/C6H4O2.Cl2O2S.2H2N3/c7-5-3-1-2-4-6(5)8;1-5(2,3)4;2*1-3-2/h1-4H;;2*1-2H/q;;2*+1. The minimum atomic E-state index is -3.72. The quantitative estimate of drug-likeness (QED) is 0.170. The molecule has 0 atom stereocenters. The van der Waals surface area contributed by atoms with Crippen molar-refractivity contribution < 1.29 is 18.0 Å². The number of allylic oxidation sites excluding steroid dienone is 4. The molecule has 0 saturated carbocycles. The van der Waals surface area contributed by atoms with Gasteiger partial charge in [0.25, 0.3) is 0 Å². The number of carbonyl (C=O) groups is 2. The number of ketones is 2. The lowest BCUT2D eigenvalue weighted by atomic mass is 10.1. The average molecular weight is 331 g/mol. The van der Waals surface area contributed by atoms with E-state index in [2.05, 4.69) is 21.4 Å². The third-order valence-corrected chi connectivity index (χ3v) is 0.849. The fourth-order valence-electron chi connectivity index (χ4n) is 0.450. The van der Waals surface area contributed by atoms with Crippen molar-refractivity contribution in [3.05, 3.63) is 24.3 Å². The third-order valence-electron chi connectivity index (χ3n) is 0.849. The average Bonchev–Trinajstić information content (AvgIpc) is 2.22. The summed E-state index contributed by atoms with van der Waals surface area (Å²) in [7, 11) is 4.81. The second-order valence-corrected chi connectivity index (χ2v) is 5.72. The Bertz CT molecular complexity index is 486. The number of rotatable bonds is 0. The van der Waals surface area contributed by atoms with Crippen LogP contribution in [0.25, 0.3) is 0 Å². The summed E-state index contributed by atoms with van der Waals surface area (Å²) in [6, 6.07) is 0. The zero-order chi connectivity index (χ0) is 15.9. The number of nitrogens with one attached hydrogen (secondary N) is 4. The summed E-state index contributed by atoms with van der Waals surface area (Å²) >= 11 is 0. The summed E-state index contributed by atoms with van der Waals surface area (Å²) in [4.78, 5) is 24.6. The highest BCUT2D eigenvalue weighted by atomic mass is 36.0. The summed E-state index contributed by atoms with van der Waals surface area (Å²) in [5, 5.41) is 0. The van der Waals surface area contributed by atoms with E-state index >= 15 is 0 Å². The van der Waals surface area contributed by atoms with Gasteiger partial charge in [-0.05, 0) is 12.2 Å². The highest BCUT2D eigenvalue weighted by Crippen LogP contribution is 1.98. The van der Waals surface area contributed by atoms with Crippen LogP contribution in [0.2, 0.25) is 0 Å². The van der Waals surface area contributed by atoms with Gasteiger partial charge in [-0.2, -0.15) is 8.42 Å². The molecule has 0 aromatic rings. The molecule has 0 aliphatic heterocycles. The molecule has 1 rings (SSSR count). The van der Waals surface area contributed by atoms with Gasteiger partial charge in [0, 0.05) is 21.4 Å². The van der Waals surface area contributed by atoms with Crippen molar-refractivity contribution >= 4 is 41.2 Å². The molecule has 0 saturated heterocycles. The van der Waals surface area contributed by atoms with Gasteiger partial charge in [0.15, 0.2) is 0 Å². The van der Waals surface area contributed by atoms with Crippen LogP contribution in [0.3, 0.4) is 0 Å². The van der Waals surface area contributed by atoms with Crippen LogP contribution in [0.5, 0.6) is 0 Å². The number of nitrogens with zero attached hydrogens (tertiary/aromatic N) is 2. The minimum absolute atomic E-state index is 0.437. The predicted molar refractivity (Wildman–Crippen MR) is 64.1 cm³/mol. The van der Waals surface area contributed by atoms with E-state index in [1.54, 1.807) is 12.2 Å². The monoisotopic (exact) mass is 330 g/mol. The molecule has 19 heavy (non-hydrogen) atoms. The Balaban J connectivity index is -0.000000202. The van der Waals surface area contributed by atoms with E-state index in [0.717, 1.165) is 0 Å². The molecule has 1 aliphatic rings. The molecule has 13 heteroatoms. The van der Waals surface area contributed by atoms with E-state index in [0.29, 0.717) is 0 Å². The topological polar surface area (TPSA) is 192 Å². The smallest absolute Gasteiger partial charge is 0.286 e. The highest BCUT2D eigenvalue weighted by Gasteiger charge is 2.06. The SMILES string of the molecule is N=[N+]=N.N=[N+]=N.O=C1C=CC=CC1=O.O=S(=O)(Cl)Cl. The summed E-state index contributed by atoms with van der Waals surface area (Å²) in [5.74, 6) is -0.875. The summed E-state index contributed by atoms with van der Waals surface area (Å²) in [6.07, 6.45) is 5.60. The minimum Gasteiger partial charge on any atom is -0.286 e. The Kier molecular flexibility index (Phi) is 16.4. The number of hydrogen-bond donors (Lipinski definition) is 4.